The average Bonchev–Trinajstić information content (AvgIpc) is 2.72. The van der Waals surface area contributed by atoms with Gasteiger partial charge in [-0.25, -0.2) is 16.8 Å². The molecule has 0 fully saturated rings. The zero-order chi connectivity index (χ0) is 24.4. The normalized spacial score (nSPS) is 11.6. The molecule has 0 spiro atoms. The fraction of sp³-hybridized carbons (Fsp3) is 0.174. The van der Waals surface area contributed by atoms with Crippen molar-refractivity contribution in [2.24, 2.45) is 0 Å². The molecule has 0 bridgehead atoms. The van der Waals surface area contributed by atoms with Crippen molar-refractivity contribution in [3.63, 3.8) is 0 Å². The van der Waals surface area contributed by atoms with Gasteiger partial charge in [0.2, 0.25) is 10.0 Å². The van der Waals surface area contributed by atoms with Crippen LogP contribution in [0, 0.1) is 13.8 Å². The van der Waals surface area contributed by atoms with E-state index in [9.17, 15) is 21.6 Å². The van der Waals surface area contributed by atoms with E-state index in [4.69, 9.17) is 0 Å². The molecule has 0 radical (unpaired) electrons. The summed E-state index contributed by atoms with van der Waals surface area (Å²) in [7, 11) is -5.98. The molecule has 0 aliphatic carbocycles. The largest absolute Gasteiger partial charge is 0.322 e. The Balaban J connectivity index is 1.87. The molecule has 0 atom stereocenters. The van der Waals surface area contributed by atoms with Gasteiger partial charge in [-0.15, -0.1) is 0 Å². The molecule has 0 aliphatic rings. The van der Waals surface area contributed by atoms with E-state index in [1.165, 1.54) is 25.2 Å². The first kappa shape index (κ1) is 24.3. The quantitative estimate of drug-likeness (QED) is 0.527. The minimum atomic E-state index is -3.93. The van der Waals surface area contributed by atoms with Gasteiger partial charge >= 0.3 is 0 Å². The molecule has 0 aliphatic heterocycles. The highest BCUT2D eigenvalue weighted by atomic mass is 32.2. The maximum atomic E-state index is 13.0. The zero-order valence-electron chi connectivity index (χ0n) is 18.7. The maximum absolute atomic E-state index is 13.0. The number of aryl methyl sites for hydroxylation is 2. The molecule has 0 aromatic heterocycles. The Labute approximate surface area is 194 Å². The Morgan fingerprint density at radius 3 is 2.18 bits per heavy atom. The van der Waals surface area contributed by atoms with Gasteiger partial charge in [0.1, 0.15) is 0 Å². The summed E-state index contributed by atoms with van der Waals surface area (Å²) in [5, 5.41) is 2.68. The second kappa shape index (κ2) is 9.24. The van der Waals surface area contributed by atoms with Crippen molar-refractivity contribution in [2.45, 2.75) is 18.7 Å². The molecule has 3 aromatic rings. The molecule has 0 heterocycles. The summed E-state index contributed by atoms with van der Waals surface area (Å²) in [4.78, 5) is 12.8. The van der Waals surface area contributed by atoms with E-state index < -0.39 is 26.0 Å². The standard InChI is InChI=1S/C23H25N3O5S2/c1-16-7-5-9-20(13-16)25-33(30,31)22-14-18(12-11-17(22)2)23(27)24-19-8-6-10-21(15-19)26(3)32(4,28)29/h5-15,25H,1-4H3,(H,24,27). The van der Waals surface area contributed by atoms with Crippen molar-refractivity contribution < 1.29 is 21.6 Å². The summed E-state index contributed by atoms with van der Waals surface area (Å²) in [5.41, 5.74) is 2.72. The van der Waals surface area contributed by atoms with Crippen LogP contribution in [-0.2, 0) is 20.0 Å². The lowest BCUT2D eigenvalue weighted by atomic mass is 10.1. The lowest BCUT2D eigenvalue weighted by Gasteiger charge is -2.17. The van der Waals surface area contributed by atoms with Gasteiger partial charge in [-0.05, 0) is 67.4 Å². The topological polar surface area (TPSA) is 113 Å². The third-order valence-corrected chi connectivity index (χ3v) is 7.70. The zero-order valence-corrected chi connectivity index (χ0v) is 20.3. The van der Waals surface area contributed by atoms with Crippen LogP contribution in [0.4, 0.5) is 17.1 Å². The molecule has 174 valence electrons. The van der Waals surface area contributed by atoms with Crippen LogP contribution in [0.3, 0.4) is 0 Å². The summed E-state index contributed by atoms with van der Waals surface area (Å²) in [6.45, 7) is 3.51. The van der Waals surface area contributed by atoms with Gasteiger partial charge in [0.25, 0.3) is 15.9 Å². The van der Waals surface area contributed by atoms with E-state index in [0.717, 1.165) is 16.1 Å². The summed E-state index contributed by atoms with van der Waals surface area (Å²) in [6, 6.07) is 17.7. The molecule has 3 aromatic carbocycles. The van der Waals surface area contributed by atoms with Gasteiger partial charge in [-0.2, -0.15) is 0 Å². The number of carbonyl (C=O) groups excluding carboxylic acids is 1. The molecule has 8 nitrogen and oxygen atoms in total. The molecular formula is C23H25N3O5S2. The number of nitrogens with one attached hydrogen (secondary N) is 2. The van der Waals surface area contributed by atoms with Crippen molar-refractivity contribution in [3.05, 3.63) is 83.4 Å². The van der Waals surface area contributed by atoms with Crippen LogP contribution in [0.25, 0.3) is 0 Å². The Morgan fingerprint density at radius 2 is 1.52 bits per heavy atom. The first-order chi connectivity index (χ1) is 15.4. The molecular weight excluding hydrogens is 462 g/mol. The smallest absolute Gasteiger partial charge is 0.262 e. The summed E-state index contributed by atoms with van der Waals surface area (Å²) < 4.78 is 53.1. The minimum Gasteiger partial charge on any atom is -0.322 e. The van der Waals surface area contributed by atoms with Gasteiger partial charge < -0.3 is 5.32 Å². The molecule has 33 heavy (non-hydrogen) atoms. The van der Waals surface area contributed by atoms with E-state index in [0.29, 0.717) is 22.6 Å². The van der Waals surface area contributed by atoms with Crippen molar-refractivity contribution >= 4 is 43.0 Å². The van der Waals surface area contributed by atoms with E-state index in [2.05, 4.69) is 10.0 Å². The number of rotatable bonds is 7. The van der Waals surface area contributed by atoms with Gasteiger partial charge in [-0.3, -0.25) is 13.8 Å². The number of carbonyl (C=O) groups is 1. The molecule has 2 N–H and O–H groups in total. The monoisotopic (exact) mass is 487 g/mol. The molecule has 0 unspecified atom stereocenters. The number of nitrogens with zero attached hydrogens (tertiary/aromatic N) is 1. The SMILES string of the molecule is Cc1cccc(NS(=O)(=O)c2cc(C(=O)Nc3cccc(N(C)S(C)(=O)=O)c3)ccc2C)c1. The van der Waals surface area contributed by atoms with Crippen LogP contribution in [0.15, 0.2) is 71.6 Å². The van der Waals surface area contributed by atoms with Crippen LogP contribution in [0.5, 0.6) is 0 Å². The van der Waals surface area contributed by atoms with Gasteiger partial charge in [0, 0.05) is 24.0 Å². The van der Waals surface area contributed by atoms with E-state index >= 15 is 0 Å². The second-order valence-electron chi connectivity index (χ2n) is 7.69. The van der Waals surface area contributed by atoms with Crippen molar-refractivity contribution in [3.8, 4) is 0 Å². The third kappa shape index (κ3) is 5.91. The van der Waals surface area contributed by atoms with E-state index in [1.807, 2.05) is 13.0 Å². The van der Waals surface area contributed by atoms with E-state index in [1.54, 1.807) is 49.4 Å². The number of hydrogen-bond acceptors (Lipinski definition) is 5. The predicted molar refractivity (Wildman–Crippen MR) is 131 cm³/mol. The Kier molecular flexibility index (Phi) is 6.80. The van der Waals surface area contributed by atoms with Crippen LogP contribution in [-0.4, -0.2) is 36.0 Å². The predicted octanol–water partition coefficient (Wildman–Crippen LogP) is 3.75. The first-order valence-corrected chi connectivity index (χ1v) is 13.3. The lowest BCUT2D eigenvalue weighted by molar-refractivity contribution is 0.102. The number of sulfonamides is 2. The van der Waals surface area contributed by atoms with Gasteiger partial charge in [0.15, 0.2) is 0 Å². The number of hydrogen-bond donors (Lipinski definition) is 2. The summed E-state index contributed by atoms with van der Waals surface area (Å²) in [5.74, 6) is -0.527. The van der Waals surface area contributed by atoms with Crippen LogP contribution in [0.1, 0.15) is 21.5 Å². The van der Waals surface area contributed by atoms with Crippen molar-refractivity contribution in [2.75, 3.05) is 27.6 Å². The maximum Gasteiger partial charge on any atom is 0.262 e. The number of anilines is 3. The highest BCUT2D eigenvalue weighted by molar-refractivity contribution is 7.92. The van der Waals surface area contributed by atoms with Crippen molar-refractivity contribution in [1.82, 2.24) is 0 Å². The van der Waals surface area contributed by atoms with E-state index in [-0.39, 0.29) is 10.5 Å². The Hall–Kier alpha value is -3.37. The minimum absolute atomic E-state index is 0.0118. The van der Waals surface area contributed by atoms with Gasteiger partial charge in [0.05, 0.1) is 16.8 Å². The van der Waals surface area contributed by atoms with Crippen LogP contribution < -0.4 is 14.3 Å². The average molecular weight is 488 g/mol. The lowest BCUT2D eigenvalue weighted by Crippen LogP contribution is -2.25. The highest BCUT2D eigenvalue weighted by Crippen LogP contribution is 2.24. The summed E-state index contributed by atoms with van der Waals surface area (Å²) >= 11 is 0. The molecule has 0 saturated heterocycles. The number of benzene rings is 3. The fourth-order valence-electron chi connectivity index (χ4n) is 3.12. The first-order valence-electron chi connectivity index (χ1n) is 9.92. The fourth-order valence-corrected chi connectivity index (χ4v) is 4.94. The highest BCUT2D eigenvalue weighted by Gasteiger charge is 2.20. The molecule has 1 amide bonds. The van der Waals surface area contributed by atoms with Gasteiger partial charge in [-0.1, -0.05) is 24.3 Å². The Morgan fingerprint density at radius 1 is 0.848 bits per heavy atom. The Bertz CT molecular complexity index is 1420. The molecule has 0 saturated carbocycles. The van der Waals surface area contributed by atoms with Crippen LogP contribution in [0.2, 0.25) is 0 Å². The summed E-state index contributed by atoms with van der Waals surface area (Å²) in [6.07, 6.45) is 1.08. The van der Waals surface area contributed by atoms with Crippen molar-refractivity contribution in [1.29, 1.82) is 0 Å². The molecule has 3 rings (SSSR count). The number of amides is 1. The van der Waals surface area contributed by atoms with Crippen LogP contribution >= 0.6 is 0 Å². The second-order valence-corrected chi connectivity index (χ2v) is 11.4. The third-order valence-electron chi connectivity index (χ3n) is 4.98. The molecule has 10 heteroatoms.